The fourth-order valence-electron chi connectivity index (χ4n) is 6.51. The van der Waals surface area contributed by atoms with Gasteiger partial charge in [-0.2, -0.15) is 5.26 Å². The predicted octanol–water partition coefficient (Wildman–Crippen LogP) is 5.92. The van der Waals surface area contributed by atoms with Crippen molar-refractivity contribution in [1.82, 2.24) is 14.7 Å². The lowest BCUT2D eigenvalue weighted by Gasteiger charge is -2.39. The van der Waals surface area contributed by atoms with Gasteiger partial charge < -0.3 is 20.0 Å². The van der Waals surface area contributed by atoms with Crippen molar-refractivity contribution in [2.45, 2.75) is 43.6 Å². The van der Waals surface area contributed by atoms with E-state index in [1.165, 1.54) is 17.7 Å². The first-order valence-corrected chi connectivity index (χ1v) is 15.0. The van der Waals surface area contributed by atoms with Crippen LogP contribution < -0.4 is 5.32 Å². The van der Waals surface area contributed by atoms with E-state index < -0.39 is 4.92 Å². The minimum Gasteiger partial charge on any atom is -0.346 e. The number of nitro groups is 1. The second-order valence-corrected chi connectivity index (χ2v) is 12.5. The van der Waals surface area contributed by atoms with Crippen molar-refractivity contribution in [1.29, 1.82) is 5.26 Å². The van der Waals surface area contributed by atoms with Crippen molar-refractivity contribution in [3.63, 3.8) is 0 Å². The van der Waals surface area contributed by atoms with E-state index in [9.17, 15) is 15.4 Å². The van der Waals surface area contributed by atoms with Gasteiger partial charge in [-0.15, -0.1) is 0 Å². The van der Waals surface area contributed by atoms with Crippen LogP contribution in [0.25, 0.3) is 0 Å². The lowest BCUT2D eigenvalue weighted by Crippen LogP contribution is -2.48. The molecule has 2 aliphatic carbocycles. The van der Waals surface area contributed by atoms with Crippen molar-refractivity contribution in [2.75, 3.05) is 51.6 Å². The number of likely N-dealkylation sites (N-methyl/N-ethyl adjacent to an activating group) is 1. The van der Waals surface area contributed by atoms with Gasteiger partial charge in [0.25, 0.3) is 5.69 Å². The number of nitriles is 1. The zero-order chi connectivity index (χ0) is 28.4. The highest BCUT2D eigenvalue weighted by Gasteiger charge is 2.58. The van der Waals surface area contributed by atoms with Gasteiger partial charge in [-0.1, -0.05) is 35.3 Å². The topological polar surface area (TPSA) is 88.7 Å². The van der Waals surface area contributed by atoms with Crippen LogP contribution in [0.1, 0.15) is 43.2 Å². The fraction of sp³-hybridized carbons (Fsp3) is 0.517. The van der Waals surface area contributed by atoms with Gasteiger partial charge in [-0.3, -0.25) is 10.1 Å². The Morgan fingerprint density at radius 3 is 2.70 bits per heavy atom. The van der Waals surface area contributed by atoms with Gasteiger partial charge in [-0.25, -0.2) is 0 Å². The van der Waals surface area contributed by atoms with Gasteiger partial charge in [0, 0.05) is 44.8 Å². The van der Waals surface area contributed by atoms with Gasteiger partial charge in [-0.05, 0) is 93.0 Å². The molecule has 3 aliphatic rings. The molecular weight excluding hydrogens is 567 g/mol. The van der Waals surface area contributed by atoms with Gasteiger partial charge in [0.2, 0.25) is 0 Å². The van der Waals surface area contributed by atoms with E-state index in [0.29, 0.717) is 16.6 Å². The number of benzene rings is 2. The molecule has 40 heavy (non-hydrogen) atoms. The summed E-state index contributed by atoms with van der Waals surface area (Å²) in [7, 11) is 2.16. The summed E-state index contributed by atoms with van der Waals surface area (Å²) in [5.74, 6) is 0.530. The van der Waals surface area contributed by atoms with E-state index in [4.69, 9.17) is 35.4 Å². The van der Waals surface area contributed by atoms with E-state index in [2.05, 4.69) is 39.2 Å². The Balaban J connectivity index is 1.31. The molecule has 3 fully saturated rings. The summed E-state index contributed by atoms with van der Waals surface area (Å²) in [6, 6.07) is 13.3. The van der Waals surface area contributed by atoms with Crippen LogP contribution in [0.15, 0.2) is 36.4 Å². The Labute approximate surface area is 251 Å². The Hall–Kier alpha value is -2.48. The largest absolute Gasteiger partial charge is 0.346 e. The van der Waals surface area contributed by atoms with Gasteiger partial charge in [0.15, 0.2) is 5.11 Å². The molecule has 0 aromatic heterocycles. The summed E-state index contributed by atoms with van der Waals surface area (Å²) in [4.78, 5) is 18.4. The van der Waals surface area contributed by atoms with Gasteiger partial charge >= 0.3 is 0 Å². The molecule has 212 valence electrons. The number of halogens is 2. The average Bonchev–Trinajstić information content (AvgIpc) is 3.69. The van der Waals surface area contributed by atoms with E-state index >= 15 is 0 Å². The second-order valence-electron chi connectivity index (χ2n) is 11.3. The molecule has 1 heterocycles. The first-order chi connectivity index (χ1) is 19.2. The van der Waals surface area contributed by atoms with Crippen LogP contribution in [0.3, 0.4) is 0 Å². The standard InChI is InChI=1S/C29H34Cl2N6O2S/c1-34-10-12-35(13-11-34)8-3-9-36(28(40)33-26-16-24(30)25(31)17-27(26)37(38)39)23-6-7-29(18-22(29)15-23)21-5-2-4-20(14-21)19-32/h2,4-5,14,16-17,22-23H,3,6-13,15,18H2,1H3,(H,33,40). The fourth-order valence-corrected chi connectivity index (χ4v) is 7.18. The van der Waals surface area contributed by atoms with Crippen LogP contribution in [0.4, 0.5) is 11.4 Å². The first kappa shape index (κ1) is 29.0. The maximum atomic E-state index is 11.8. The Morgan fingerprint density at radius 2 is 2.00 bits per heavy atom. The van der Waals surface area contributed by atoms with Crippen LogP contribution in [-0.2, 0) is 5.41 Å². The quantitative estimate of drug-likeness (QED) is 0.227. The molecule has 3 unspecified atom stereocenters. The number of anilines is 1. The number of nitrogens with zero attached hydrogens (tertiary/aromatic N) is 5. The van der Waals surface area contributed by atoms with Crippen LogP contribution in [0.5, 0.6) is 0 Å². The molecule has 1 N–H and O–H groups in total. The van der Waals surface area contributed by atoms with Crippen molar-refractivity contribution < 1.29 is 4.92 Å². The molecule has 1 aliphatic heterocycles. The van der Waals surface area contributed by atoms with Crippen molar-refractivity contribution >= 4 is 51.9 Å². The molecular formula is C29H34Cl2N6O2S. The maximum absolute atomic E-state index is 11.8. The molecule has 0 amide bonds. The molecule has 5 rings (SSSR count). The van der Waals surface area contributed by atoms with E-state index in [1.807, 2.05) is 18.2 Å². The summed E-state index contributed by atoms with van der Waals surface area (Å²) in [6.07, 6.45) is 5.06. The number of nitro benzene ring substituents is 1. The average molecular weight is 602 g/mol. The summed E-state index contributed by atoms with van der Waals surface area (Å²) in [6.45, 7) is 6.02. The number of nitrogens with one attached hydrogen (secondary N) is 1. The van der Waals surface area contributed by atoms with Crippen LogP contribution in [0.2, 0.25) is 10.0 Å². The number of hydrogen-bond acceptors (Lipinski definition) is 6. The van der Waals surface area contributed by atoms with Crippen molar-refractivity contribution in [3.8, 4) is 6.07 Å². The highest BCUT2D eigenvalue weighted by molar-refractivity contribution is 7.80. The molecule has 2 aromatic rings. The molecule has 2 saturated carbocycles. The zero-order valence-electron chi connectivity index (χ0n) is 22.6. The number of hydrogen-bond donors (Lipinski definition) is 1. The molecule has 0 bridgehead atoms. The Kier molecular flexibility index (Phi) is 8.83. The SMILES string of the molecule is CN1CCN(CCCN(C(=S)Nc2cc(Cl)c(Cl)cc2[N+](=O)[O-])C2CCC3(c4cccc(C#N)c4)CC3C2)CC1. The highest BCUT2D eigenvalue weighted by atomic mass is 35.5. The number of piperazine rings is 1. The number of rotatable bonds is 8. The van der Waals surface area contributed by atoms with Gasteiger partial charge in [0.1, 0.15) is 5.69 Å². The van der Waals surface area contributed by atoms with Crippen LogP contribution >= 0.6 is 35.4 Å². The molecule has 11 heteroatoms. The lowest BCUT2D eigenvalue weighted by molar-refractivity contribution is -0.383. The summed E-state index contributed by atoms with van der Waals surface area (Å²) in [5, 5.41) is 25.1. The minimum absolute atomic E-state index is 0.131. The maximum Gasteiger partial charge on any atom is 0.294 e. The van der Waals surface area contributed by atoms with Crippen molar-refractivity contribution in [2.24, 2.45) is 5.92 Å². The summed E-state index contributed by atoms with van der Waals surface area (Å²) < 4.78 is 0. The predicted molar refractivity (Wildman–Crippen MR) is 163 cm³/mol. The normalized spacial score (nSPS) is 24.6. The van der Waals surface area contributed by atoms with Crippen molar-refractivity contribution in [3.05, 3.63) is 67.7 Å². The lowest BCUT2D eigenvalue weighted by atomic mass is 9.80. The Morgan fingerprint density at radius 1 is 1.25 bits per heavy atom. The third-order valence-electron chi connectivity index (χ3n) is 8.93. The minimum atomic E-state index is -0.473. The van der Waals surface area contributed by atoms with Gasteiger partial charge in [0.05, 0.1) is 26.6 Å². The molecule has 2 aromatic carbocycles. The van der Waals surface area contributed by atoms with E-state index in [-0.39, 0.29) is 32.9 Å². The first-order valence-electron chi connectivity index (χ1n) is 13.8. The van der Waals surface area contributed by atoms with E-state index in [1.54, 1.807) is 0 Å². The highest BCUT2D eigenvalue weighted by Crippen LogP contribution is 2.63. The third-order valence-corrected chi connectivity index (χ3v) is 9.99. The monoisotopic (exact) mass is 600 g/mol. The third kappa shape index (κ3) is 6.22. The molecule has 0 spiro atoms. The summed E-state index contributed by atoms with van der Waals surface area (Å²) >= 11 is 18.2. The summed E-state index contributed by atoms with van der Waals surface area (Å²) in [5.41, 5.74) is 2.21. The molecule has 0 radical (unpaired) electrons. The van der Waals surface area contributed by atoms with E-state index in [0.717, 1.165) is 71.4 Å². The second kappa shape index (κ2) is 12.2. The Bertz CT molecular complexity index is 1330. The smallest absolute Gasteiger partial charge is 0.294 e. The molecule has 8 nitrogen and oxygen atoms in total. The molecule has 3 atom stereocenters. The molecule has 1 saturated heterocycles. The zero-order valence-corrected chi connectivity index (χ0v) is 24.9. The number of thiocarbonyl (C=S) groups is 1. The number of fused-ring (bicyclic) bond motifs is 1. The van der Waals surface area contributed by atoms with Crippen LogP contribution in [-0.4, -0.2) is 77.1 Å². The van der Waals surface area contributed by atoms with Crippen LogP contribution in [0, 0.1) is 27.4 Å².